The molecule has 0 radical (unpaired) electrons. The molecule has 1 aromatic carbocycles. The average molecular weight is 290 g/mol. The Morgan fingerprint density at radius 2 is 1.86 bits per heavy atom. The summed E-state index contributed by atoms with van der Waals surface area (Å²) < 4.78 is 10.9. The third-order valence-corrected chi connectivity index (χ3v) is 4.78. The quantitative estimate of drug-likeness (QED) is 0.869. The number of rotatable bonds is 3. The standard InChI is InChI=1S/C17H26N2O2/c1-20-17-12-16(19-7-9-21-10-8-19)14(11-15(17)18)13-5-3-2-4-6-13/h11-13H,2-10,18H2,1H3. The number of morpholine rings is 1. The summed E-state index contributed by atoms with van der Waals surface area (Å²) >= 11 is 0. The summed E-state index contributed by atoms with van der Waals surface area (Å²) in [6.07, 6.45) is 6.60. The van der Waals surface area contributed by atoms with Crippen molar-refractivity contribution in [2.45, 2.75) is 38.0 Å². The second-order valence-corrected chi connectivity index (χ2v) is 6.09. The molecule has 2 N–H and O–H groups in total. The van der Waals surface area contributed by atoms with E-state index in [4.69, 9.17) is 15.2 Å². The maximum atomic E-state index is 6.17. The van der Waals surface area contributed by atoms with Gasteiger partial charge >= 0.3 is 0 Å². The van der Waals surface area contributed by atoms with Gasteiger partial charge in [0.1, 0.15) is 5.75 Å². The molecule has 2 aliphatic rings. The van der Waals surface area contributed by atoms with Crippen molar-refractivity contribution in [1.29, 1.82) is 0 Å². The Kier molecular flexibility index (Phi) is 4.54. The van der Waals surface area contributed by atoms with Crippen molar-refractivity contribution in [2.24, 2.45) is 0 Å². The molecule has 1 heterocycles. The van der Waals surface area contributed by atoms with Crippen LogP contribution in [-0.4, -0.2) is 33.4 Å². The van der Waals surface area contributed by atoms with E-state index in [9.17, 15) is 0 Å². The zero-order valence-electron chi connectivity index (χ0n) is 12.9. The summed E-state index contributed by atoms with van der Waals surface area (Å²) in [6.45, 7) is 3.51. The van der Waals surface area contributed by atoms with E-state index in [2.05, 4.69) is 17.0 Å². The van der Waals surface area contributed by atoms with E-state index >= 15 is 0 Å². The zero-order valence-corrected chi connectivity index (χ0v) is 12.9. The van der Waals surface area contributed by atoms with Crippen molar-refractivity contribution in [2.75, 3.05) is 44.0 Å². The fourth-order valence-electron chi connectivity index (χ4n) is 3.60. The van der Waals surface area contributed by atoms with Crippen LogP contribution in [0.5, 0.6) is 5.75 Å². The highest BCUT2D eigenvalue weighted by Crippen LogP contribution is 2.41. The van der Waals surface area contributed by atoms with Crippen LogP contribution in [0.25, 0.3) is 0 Å². The Morgan fingerprint density at radius 3 is 2.52 bits per heavy atom. The highest BCUT2D eigenvalue weighted by Gasteiger charge is 2.24. The molecule has 1 aliphatic heterocycles. The van der Waals surface area contributed by atoms with Crippen LogP contribution >= 0.6 is 0 Å². The third-order valence-electron chi connectivity index (χ3n) is 4.78. The molecule has 1 aliphatic carbocycles. The molecular formula is C17H26N2O2. The van der Waals surface area contributed by atoms with Gasteiger partial charge < -0.3 is 20.1 Å². The Balaban J connectivity index is 1.96. The number of ether oxygens (including phenoxy) is 2. The molecule has 4 heteroatoms. The fourth-order valence-corrected chi connectivity index (χ4v) is 3.60. The van der Waals surface area contributed by atoms with Gasteiger partial charge in [-0.2, -0.15) is 0 Å². The van der Waals surface area contributed by atoms with Crippen LogP contribution in [0, 0.1) is 0 Å². The number of nitrogens with zero attached hydrogens (tertiary/aromatic N) is 1. The normalized spacial score (nSPS) is 20.5. The van der Waals surface area contributed by atoms with E-state index in [1.807, 2.05) is 0 Å². The first-order chi connectivity index (χ1) is 10.3. The third kappa shape index (κ3) is 3.10. The molecule has 3 rings (SSSR count). The van der Waals surface area contributed by atoms with Crippen molar-refractivity contribution in [1.82, 2.24) is 0 Å². The molecule has 4 nitrogen and oxygen atoms in total. The summed E-state index contributed by atoms with van der Waals surface area (Å²) in [5.74, 6) is 1.43. The van der Waals surface area contributed by atoms with Crippen molar-refractivity contribution in [3.05, 3.63) is 17.7 Å². The van der Waals surface area contributed by atoms with Crippen LogP contribution in [0.3, 0.4) is 0 Å². The molecular weight excluding hydrogens is 264 g/mol. The maximum absolute atomic E-state index is 6.17. The van der Waals surface area contributed by atoms with E-state index < -0.39 is 0 Å². The molecule has 0 atom stereocenters. The molecule has 2 fully saturated rings. The van der Waals surface area contributed by atoms with Gasteiger partial charge in [0.2, 0.25) is 0 Å². The molecule has 0 aromatic heterocycles. The lowest BCUT2D eigenvalue weighted by Crippen LogP contribution is -2.37. The van der Waals surface area contributed by atoms with Crippen LogP contribution in [0.1, 0.15) is 43.6 Å². The first-order valence-electron chi connectivity index (χ1n) is 8.09. The van der Waals surface area contributed by atoms with Crippen molar-refractivity contribution >= 4 is 11.4 Å². The number of hydrogen-bond acceptors (Lipinski definition) is 4. The van der Waals surface area contributed by atoms with Gasteiger partial charge in [-0.1, -0.05) is 19.3 Å². The predicted molar refractivity (Wildman–Crippen MR) is 86.3 cm³/mol. The SMILES string of the molecule is COc1cc(N2CCOCC2)c(C2CCCCC2)cc1N. The minimum atomic E-state index is 0.643. The van der Waals surface area contributed by atoms with Crippen LogP contribution < -0.4 is 15.4 Å². The molecule has 0 bridgehead atoms. The number of hydrogen-bond donors (Lipinski definition) is 1. The van der Waals surface area contributed by atoms with Gasteiger partial charge in [0, 0.05) is 24.8 Å². The number of anilines is 2. The summed E-state index contributed by atoms with van der Waals surface area (Å²) in [5.41, 5.74) is 9.64. The molecule has 0 spiro atoms. The van der Waals surface area contributed by atoms with E-state index in [0.29, 0.717) is 5.92 Å². The predicted octanol–water partition coefficient (Wildman–Crippen LogP) is 3.16. The van der Waals surface area contributed by atoms with Crippen molar-refractivity contribution < 1.29 is 9.47 Å². The van der Waals surface area contributed by atoms with Gasteiger partial charge in [-0.25, -0.2) is 0 Å². The molecule has 1 saturated heterocycles. The minimum absolute atomic E-state index is 0.643. The Hall–Kier alpha value is -1.42. The smallest absolute Gasteiger partial charge is 0.143 e. The number of nitrogen functional groups attached to an aromatic ring is 1. The number of nitrogens with two attached hydrogens (primary N) is 1. The summed E-state index contributed by atoms with van der Waals surface area (Å²) in [5, 5.41) is 0. The summed E-state index contributed by atoms with van der Waals surface area (Å²) in [7, 11) is 1.69. The van der Waals surface area contributed by atoms with E-state index in [-0.39, 0.29) is 0 Å². The van der Waals surface area contributed by atoms with Crippen molar-refractivity contribution in [3.8, 4) is 5.75 Å². The Morgan fingerprint density at radius 1 is 1.14 bits per heavy atom. The molecule has 1 saturated carbocycles. The molecule has 1 aromatic rings. The van der Waals surface area contributed by atoms with E-state index in [1.165, 1.54) is 43.4 Å². The lowest BCUT2D eigenvalue weighted by atomic mass is 9.83. The monoisotopic (exact) mass is 290 g/mol. The Labute approximate surface area is 127 Å². The Bertz CT molecular complexity index is 478. The van der Waals surface area contributed by atoms with E-state index in [0.717, 1.165) is 37.7 Å². The molecule has 0 amide bonds. The lowest BCUT2D eigenvalue weighted by Gasteiger charge is -2.34. The van der Waals surface area contributed by atoms with Crippen LogP contribution in [-0.2, 0) is 4.74 Å². The van der Waals surface area contributed by atoms with Crippen LogP contribution in [0.15, 0.2) is 12.1 Å². The number of benzene rings is 1. The minimum Gasteiger partial charge on any atom is -0.495 e. The number of methoxy groups -OCH3 is 1. The average Bonchev–Trinajstić information content (AvgIpc) is 2.56. The topological polar surface area (TPSA) is 47.7 Å². The van der Waals surface area contributed by atoms with Gasteiger partial charge in [0.15, 0.2) is 0 Å². The first-order valence-corrected chi connectivity index (χ1v) is 8.09. The summed E-state index contributed by atoms with van der Waals surface area (Å²) in [6, 6.07) is 4.28. The highest BCUT2D eigenvalue weighted by molar-refractivity contribution is 5.68. The van der Waals surface area contributed by atoms with Gasteiger partial charge in [-0.05, 0) is 30.4 Å². The second-order valence-electron chi connectivity index (χ2n) is 6.09. The molecule has 116 valence electrons. The van der Waals surface area contributed by atoms with Crippen molar-refractivity contribution in [3.63, 3.8) is 0 Å². The lowest BCUT2D eigenvalue weighted by molar-refractivity contribution is 0.122. The fraction of sp³-hybridized carbons (Fsp3) is 0.647. The largest absolute Gasteiger partial charge is 0.495 e. The maximum Gasteiger partial charge on any atom is 0.143 e. The second kappa shape index (κ2) is 6.56. The van der Waals surface area contributed by atoms with Gasteiger partial charge in [-0.15, -0.1) is 0 Å². The zero-order chi connectivity index (χ0) is 14.7. The van der Waals surface area contributed by atoms with Gasteiger partial charge in [0.25, 0.3) is 0 Å². The van der Waals surface area contributed by atoms with Crippen LogP contribution in [0.4, 0.5) is 11.4 Å². The van der Waals surface area contributed by atoms with Gasteiger partial charge in [-0.3, -0.25) is 0 Å². The highest BCUT2D eigenvalue weighted by atomic mass is 16.5. The van der Waals surface area contributed by atoms with E-state index in [1.54, 1.807) is 7.11 Å². The summed E-state index contributed by atoms with van der Waals surface area (Å²) in [4.78, 5) is 2.43. The first kappa shape index (κ1) is 14.5. The molecule has 21 heavy (non-hydrogen) atoms. The van der Waals surface area contributed by atoms with Crippen LogP contribution in [0.2, 0.25) is 0 Å². The molecule has 0 unspecified atom stereocenters. The van der Waals surface area contributed by atoms with Gasteiger partial charge in [0.05, 0.1) is 26.0 Å².